The third-order valence-corrected chi connectivity index (χ3v) is 5.84. The van der Waals surface area contributed by atoms with E-state index in [1.54, 1.807) is 23.7 Å². The van der Waals surface area contributed by atoms with E-state index in [0.29, 0.717) is 5.92 Å². The van der Waals surface area contributed by atoms with Crippen molar-refractivity contribution in [3.8, 4) is 5.75 Å². The van der Waals surface area contributed by atoms with Crippen molar-refractivity contribution in [1.82, 2.24) is 4.37 Å². The third kappa shape index (κ3) is 3.40. The van der Waals surface area contributed by atoms with E-state index in [9.17, 15) is 4.39 Å². The molecule has 26 heavy (non-hydrogen) atoms. The van der Waals surface area contributed by atoms with E-state index in [0.717, 1.165) is 55.9 Å². The smallest absolute Gasteiger partial charge is 0.153 e. The highest BCUT2D eigenvalue weighted by Gasteiger charge is 2.24. The molecule has 0 spiro atoms. The fourth-order valence-electron chi connectivity index (χ4n) is 3.65. The highest BCUT2D eigenvalue weighted by atomic mass is 32.1. The quantitative estimate of drug-likeness (QED) is 0.584. The Hall–Kier alpha value is -2.14. The van der Waals surface area contributed by atoms with Crippen LogP contribution >= 0.6 is 11.5 Å². The van der Waals surface area contributed by atoms with Crippen LogP contribution in [0, 0.1) is 5.82 Å². The van der Waals surface area contributed by atoms with Gasteiger partial charge in [0.05, 0.1) is 16.7 Å². The molecule has 2 aromatic carbocycles. The predicted octanol–water partition coefficient (Wildman–Crippen LogP) is 5.61. The lowest BCUT2D eigenvalue weighted by Crippen LogP contribution is -2.33. The lowest BCUT2D eigenvalue weighted by atomic mass is 9.89. The van der Waals surface area contributed by atoms with E-state index in [1.807, 2.05) is 24.3 Å². The second kappa shape index (κ2) is 7.62. The molecular formula is C21H23FN2OS. The molecule has 0 N–H and O–H groups in total. The number of benzene rings is 2. The van der Waals surface area contributed by atoms with Crippen LogP contribution in [0.25, 0.3) is 10.1 Å². The Labute approximate surface area is 157 Å². The number of anilines is 1. The minimum absolute atomic E-state index is 0.167. The molecule has 0 unspecified atom stereocenters. The Balaban J connectivity index is 1.53. The van der Waals surface area contributed by atoms with Gasteiger partial charge in [0.25, 0.3) is 0 Å². The number of nitrogens with zero attached hydrogens (tertiary/aromatic N) is 2. The molecule has 3 aromatic rings. The summed E-state index contributed by atoms with van der Waals surface area (Å²) < 4.78 is 25.0. The van der Waals surface area contributed by atoms with Crippen molar-refractivity contribution in [3.05, 3.63) is 53.8 Å². The summed E-state index contributed by atoms with van der Waals surface area (Å²) in [7, 11) is 0. The van der Waals surface area contributed by atoms with Crippen molar-refractivity contribution < 1.29 is 9.13 Å². The zero-order chi connectivity index (χ0) is 17.9. The Morgan fingerprint density at radius 1 is 1.15 bits per heavy atom. The van der Waals surface area contributed by atoms with Crippen molar-refractivity contribution in [2.24, 2.45) is 0 Å². The van der Waals surface area contributed by atoms with Crippen molar-refractivity contribution in [3.63, 3.8) is 0 Å². The second-order valence-electron chi connectivity index (χ2n) is 6.80. The highest BCUT2D eigenvalue weighted by molar-refractivity contribution is 7.13. The summed E-state index contributed by atoms with van der Waals surface area (Å²) >= 11 is 1.54. The van der Waals surface area contributed by atoms with Gasteiger partial charge in [-0.3, -0.25) is 0 Å². The zero-order valence-corrected chi connectivity index (χ0v) is 15.8. The fourth-order valence-corrected chi connectivity index (χ4v) is 4.47. The minimum atomic E-state index is -0.167. The van der Waals surface area contributed by atoms with E-state index < -0.39 is 0 Å². The average Bonchev–Trinajstić information content (AvgIpc) is 3.12. The molecule has 0 bridgehead atoms. The molecule has 0 radical (unpaired) electrons. The average molecular weight is 370 g/mol. The van der Waals surface area contributed by atoms with Gasteiger partial charge in [0.1, 0.15) is 11.6 Å². The summed E-state index contributed by atoms with van der Waals surface area (Å²) in [5.74, 6) is 2.32. The highest BCUT2D eigenvalue weighted by Crippen LogP contribution is 2.39. The van der Waals surface area contributed by atoms with Crippen LogP contribution in [0.3, 0.4) is 0 Å². The Morgan fingerprint density at radius 3 is 2.65 bits per heavy atom. The van der Waals surface area contributed by atoms with Gasteiger partial charge in [-0.1, -0.05) is 25.1 Å². The zero-order valence-electron chi connectivity index (χ0n) is 15.0. The van der Waals surface area contributed by atoms with Crippen molar-refractivity contribution in [2.75, 3.05) is 24.6 Å². The number of rotatable bonds is 5. The number of aromatic nitrogens is 1. The number of hydrogen-bond acceptors (Lipinski definition) is 4. The molecule has 0 aliphatic carbocycles. The van der Waals surface area contributed by atoms with Gasteiger partial charge >= 0.3 is 0 Å². The molecule has 1 aliphatic rings. The SMILES string of the molecule is CCCOc1cccc2snc(N3CCC(c4ccc(F)cc4)CC3)c12. The Bertz CT molecular complexity index is 869. The van der Waals surface area contributed by atoms with Gasteiger partial charge in [0.2, 0.25) is 0 Å². The molecule has 3 nitrogen and oxygen atoms in total. The van der Waals surface area contributed by atoms with Crippen LogP contribution in [-0.2, 0) is 0 Å². The molecule has 1 saturated heterocycles. The fraction of sp³-hybridized carbons (Fsp3) is 0.381. The number of piperidine rings is 1. The number of ether oxygens (including phenoxy) is 1. The van der Waals surface area contributed by atoms with Crippen LogP contribution in [0.2, 0.25) is 0 Å². The molecular weight excluding hydrogens is 347 g/mol. The number of halogens is 1. The van der Waals surface area contributed by atoms with E-state index in [-0.39, 0.29) is 5.82 Å². The molecule has 5 heteroatoms. The first-order valence-corrected chi connectivity index (χ1v) is 10.0. The van der Waals surface area contributed by atoms with Gasteiger partial charge in [-0.15, -0.1) is 0 Å². The van der Waals surface area contributed by atoms with Gasteiger partial charge in [-0.25, -0.2) is 4.39 Å². The first kappa shape index (κ1) is 17.3. The van der Waals surface area contributed by atoms with Crippen molar-refractivity contribution in [1.29, 1.82) is 0 Å². The van der Waals surface area contributed by atoms with E-state index in [4.69, 9.17) is 9.11 Å². The molecule has 0 saturated carbocycles. The summed E-state index contributed by atoms with van der Waals surface area (Å²) in [6.07, 6.45) is 3.11. The standard InChI is InChI=1S/C21H23FN2OS/c1-2-14-25-18-4-3-5-19-20(18)21(23-26-19)24-12-10-16(11-13-24)15-6-8-17(22)9-7-15/h3-9,16H,2,10-14H2,1H3. The molecule has 2 heterocycles. The molecule has 0 amide bonds. The maximum atomic E-state index is 13.1. The molecule has 1 aliphatic heterocycles. The summed E-state index contributed by atoms with van der Waals surface area (Å²) in [6.45, 7) is 4.76. The van der Waals surface area contributed by atoms with Crippen LogP contribution < -0.4 is 9.64 Å². The van der Waals surface area contributed by atoms with Crippen LogP contribution in [-0.4, -0.2) is 24.1 Å². The van der Waals surface area contributed by atoms with Crippen molar-refractivity contribution in [2.45, 2.75) is 32.1 Å². The molecule has 136 valence electrons. The van der Waals surface area contributed by atoms with Gasteiger partial charge in [-0.05, 0) is 66.5 Å². The van der Waals surface area contributed by atoms with E-state index in [1.165, 1.54) is 10.3 Å². The maximum Gasteiger partial charge on any atom is 0.153 e. The summed E-state index contributed by atoms with van der Waals surface area (Å²) in [5, 5.41) is 1.14. The lowest BCUT2D eigenvalue weighted by molar-refractivity contribution is 0.321. The van der Waals surface area contributed by atoms with Gasteiger partial charge in [0, 0.05) is 13.1 Å². The Kier molecular flexibility index (Phi) is 5.07. The molecule has 1 fully saturated rings. The molecule has 4 rings (SSSR count). The maximum absolute atomic E-state index is 13.1. The second-order valence-corrected chi connectivity index (χ2v) is 7.60. The number of fused-ring (bicyclic) bond motifs is 1. The monoisotopic (exact) mass is 370 g/mol. The first-order valence-electron chi connectivity index (χ1n) is 9.28. The molecule has 1 aromatic heterocycles. The summed E-state index contributed by atoms with van der Waals surface area (Å²) in [6, 6.07) is 13.2. The number of hydrogen-bond donors (Lipinski definition) is 0. The lowest BCUT2D eigenvalue weighted by Gasteiger charge is -2.32. The minimum Gasteiger partial charge on any atom is -0.493 e. The summed E-state index contributed by atoms with van der Waals surface area (Å²) in [5.41, 5.74) is 1.24. The van der Waals surface area contributed by atoms with Crippen LogP contribution in [0.1, 0.15) is 37.7 Å². The van der Waals surface area contributed by atoms with E-state index in [2.05, 4.69) is 17.9 Å². The summed E-state index contributed by atoms with van der Waals surface area (Å²) in [4.78, 5) is 2.37. The van der Waals surface area contributed by atoms with Crippen molar-refractivity contribution >= 4 is 27.4 Å². The largest absolute Gasteiger partial charge is 0.493 e. The topological polar surface area (TPSA) is 25.4 Å². The van der Waals surface area contributed by atoms with E-state index >= 15 is 0 Å². The van der Waals surface area contributed by atoms with Gasteiger partial charge in [0.15, 0.2) is 5.82 Å². The molecule has 0 atom stereocenters. The van der Waals surface area contributed by atoms with Crippen LogP contribution in [0.4, 0.5) is 10.2 Å². The van der Waals surface area contributed by atoms with Crippen LogP contribution in [0.15, 0.2) is 42.5 Å². The Morgan fingerprint density at radius 2 is 1.92 bits per heavy atom. The van der Waals surface area contributed by atoms with Gasteiger partial charge < -0.3 is 9.64 Å². The normalized spacial score (nSPS) is 15.5. The van der Waals surface area contributed by atoms with Gasteiger partial charge in [-0.2, -0.15) is 4.37 Å². The first-order chi connectivity index (χ1) is 12.8. The predicted molar refractivity (Wildman–Crippen MR) is 106 cm³/mol. The van der Waals surface area contributed by atoms with Crippen LogP contribution in [0.5, 0.6) is 5.75 Å². The third-order valence-electron chi connectivity index (χ3n) is 5.04.